The zero-order chi connectivity index (χ0) is 11.8. The normalized spacial score (nSPS) is 14.3. The maximum absolute atomic E-state index is 9.17. The summed E-state index contributed by atoms with van der Waals surface area (Å²) in [7, 11) is 0. The number of ether oxygens (including phenoxy) is 1. The zero-order valence-corrected chi connectivity index (χ0v) is 9.24. The number of para-hydroxylation sites is 1. The predicted molar refractivity (Wildman–Crippen MR) is 57.3 cm³/mol. The van der Waals surface area contributed by atoms with Crippen LogP contribution in [0.4, 0.5) is 0 Å². The van der Waals surface area contributed by atoms with Gasteiger partial charge in [-0.3, -0.25) is 0 Å². The standard InChI is InChI=1S/C9H10O.CHNO3S/c1-2-6-9-8(4-1)5-3-7-10-9;3-1-2-6(4)5/h1-2,4,6H,3,5,7H2;(H,4,5)/p-1. The van der Waals surface area contributed by atoms with E-state index in [-0.39, 0.29) is 0 Å². The van der Waals surface area contributed by atoms with Gasteiger partial charge in [-0.2, -0.15) is 0 Å². The molecule has 1 aliphatic rings. The van der Waals surface area contributed by atoms with Gasteiger partial charge in [-0.1, -0.05) is 18.2 Å². The van der Waals surface area contributed by atoms with Crippen molar-refractivity contribution in [2.75, 3.05) is 6.61 Å². The molecule has 1 aliphatic heterocycles. The summed E-state index contributed by atoms with van der Waals surface area (Å²) in [6.45, 7) is 0.886. The fourth-order valence-corrected chi connectivity index (χ4v) is 1.39. The molecule has 1 heterocycles. The van der Waals surface area contributed by atoms with Gasteiger partial charge >= 0.3 is 0 Å². The molecule has 0 saturated heterocycles. The smallest absolute Gasteiger partial charge is 0.248 e. The first-order valence-electron chi connectivity index (χ1n) is 4.62. The number of benzene rings is 1. The molecule has 86 valence electrons. The highest BCUT2D eigenvalue weighted by atomic mass is 32.2. The molecule has 16 heavy (non-hydrogen) atoms. The van der Waals surface area contributed by atoms with Gasteiger partial charge in [0, 0.05) is 0 Å². The molecule has 0 aliphatic carbocycles. The lowest BCUT2D eigenvalue weighted by Crippen LogP contribution is -2.07. The van der Waals surface area contributed by atoms with Gasteiger partial charge < -0.3 is 9.29 Å². The average molecular weight is 240 g/mol. The van der Waals surface area contributed by atoms with E-state index in [1.54, 1.807) is 0 Å². The number of carbonyl (C=O) groups excluding carboxylic acids is 1. The Hall–Kier alpha value is -1.49. The molecule has 0 bridgehead atoms. The van der Waals surface area contributed by atoms with Crippen LogP contribution >= 0.6 is 0 Å². The summed E-state index contributed by atoms with van der Waals surface area (Å²) in [5.74, 6) is 1.08. The van der Waals surface area contributed by atoms with Crippen molar-refractivity contribution in [2.24, 2.45) is 4.40 Å². The van der Waals surface area contributed by atoms with Crippen LogP contribution in [0.15, 0.2) is 28.7 Å². The number of rotatable bonds is 1. The molecular formula is C10H10NO4S-. The third-order valence-corrected chi connectivity index (χ3v) is 2.16. The predicted octanol–water partition coefficient (Wildman–Crippen LogP) is 1.13. The van der Waals surface area contributed by atoms with Gasteiger partial charge in [0.25, 0.3) is 0 Å². The van der Waals surface area contributed by atoms with Gasteiger partial charge in [0.15, 0.2) is 0 Å². The number of isocyanates is 1. The van der Waals surface area contributed by atoms with Gasteiger partial charge in [-0.05, 0) is 24.5 Å². The van der Waals surface area contributed by atoms with Crippen molar-refractivity contribution in [3.05, 3.63) is 29.8 Å². The first-order valence-corrected chi connectivity index (χ1v) is 5.65. The van der Waals surface area contributed by atoms with Crippen LogP contribution in [0.25, 0.3) is 0 Å². The highest BCUT2D eigenvalue weighted by molar-refractivity contribution is 7.77. The summed E-state index contributed by atoms with van der Waals surface area (Å²) in [5.41, 5.74) is 1.36. The van der Waals surface area contributed by atoms with Gasteiger partial charge in [0.05, 0.1) is 17.9 Å². The molecule has 0 aromatic heterocycles. The Bertz CT molecular complexity index is 390. The van der Waals surface area contributed by atoms with E-state index in [4.69, 9.17) is 9.53 Å². The van der Waals surface area contributed by atoms with Crippen LogP contribution in [0.1, 0.15) is 12.0 Å². The molecule has 1 aromatic carbocycles. The number of hydrogen-bond acceptors (Lipinski definition) is 4. The molecule has 0 spiro atoms. The number of aryl methyl sites for hydroxylation is 1. The zero-order valence-electron chi connectivity index (χ0n) is 8.42. The minimum absolute atomic E-state index is 0.829. The van der Waals surface area contributed by atoms with E-state index in [0.29, 0.717) is 0 Å². The minimum Gasteiger partial charge on any atom is -0.753 e. The Morgan fingerprint density at radius 1 is 1.44 bits per heavy atom. The van der Waals surface area contributed by atoms with E-state index < -0.39 is 11.3 Å². The quantitative estimate of drug-likeness (QED) is 0.418. The lowest BCUT2D eigenvalue weighted by molar-refractivity contribution is 0.288. The molecule has 0 fully saturated rings. The van der Waals surface area contributed by atoms with E-state index in [0.717, 1.165) is 24.9 Å². The van der Waals surface area contributed by atoms with Gasteiger partial charge in [0.2, 0.25) is 6.08 Å². The number of fused-ring (bicyclic) bond motifs is 1. The van der Waals surface area contributed by atoms with Crippen molar-refractivity contribution < 1.29 is 18.3 Å². The van der Waals surface area contributed by atoms with E-state index >= 15 is 0 Å². The second-order valence-corrected chi connectivity index (χ2v) is 3.58. The van der Waals surface area contributed by atoms with Crippen LogP contribution in [0.5, 0.6) is 5.75 Å². The number of nitrogens with zero attached hydrogens (tertiary/aromatic N) is 1. The summed E-state index contributed by atoms with van der Waals surface area (Å²) < 4.78 is 26.0. The third-order valence-electron chi connectivity index (χ3n) is 1.93. The summed E-state index contributed by atoms with van der Waals surface area (Å²) in [5, 5.41) is 0. The monoisotopic (exact) mass is 240 g/mol. The van der Waals surface area contributed by atoms with Crippen LogP contribution in [0, 0.1) is 0 Å². The summed E-state index contributed by atoms with van der Waals surface area (Å²) in [6, 6.07) is 8.25. The van der Waals surface area contributed by atoms with Crippen LogP contribution in [0.2, 0.25) is 0 Å². The topological polar surface area (TPSA) is 78.8 Å². The molecule has 1 unspecified atom stereocenters. The van der Waals surface area contributed by atoms with E-state index in [1.165, 1.54) is 12.0 Å². The van der Waals surface area contributed by atoms with Crippen molar-refractivity contribution in [1.29, 1.82) is 0 Å². The SMILES string of the molecule is O=C=NS(=O)[O-].c1ccc2c(c1)CCCO2. The highest BCUT2D eigenvalue weighted by Crippen LogP contribution is 2.22. The summed E-state index contributed by atoms with van der Waals surface area (Å²) >= 11 is -2.61. The molecule has 5 nitrogen and oxygen atoms in total. The lowest BCUT2D eigenvalue weighted by Gasteiger charge is -2.15. The fourth-order valence-electron chi connectivity index (χ4n) is 1.33. The second-order valence-electron chi connectivity index (χ2n) is 2.96. The maximum Gasteiger partial charge on any atom is 0.248 e. The Balaban J connectivity index is 0.000000187. The van der Waals surface area contributed by atoms with Gasteiger partial charge in [-0.25, -0.2) is 9.00 Å². The minimum atomic E-state index is -2.61. The molecule has 2 rings (SSSR count). The van der Waals surface area contributed by atoms with Crippen LogP contribution in [-0.4, -0.2) is 21.4 Å². The molecule has 6 heteroatoms. The molecule has 1 atom stereocenters. The molecular weight excluding hydrogens is 230 g/mol. The van der Waals surface area contributed by atoms with Crippen molar-refractivity contribution in [3.8, 4) is 5.75 Å². The van der Waals surface area contributed by atoms with Crippen LogP contribution in [0.3, 0.4) is 0 Å². The molecule has 0 radical (unpaired) electrons. The average Bonchev–Trinajstić information content (AvgIpc) is 2.30. The van der Waals surface area contributed by atoms with Crippen LogP contribution in [-0.2, 0) is 22.5 Å². The fraction of sp³-hybridized carbons (Fsp3) is 0.300. The first kappa shape index (κ1) is 12.6. The van der Waals surface area contributed by atoms with Crippen molar-refractivity contribution in [2.45, 2.75) is 12.8 Å². The summed E-state index contributed by atoms with van der Waals surface area (Å²) in [4.78, 5) is 8.93. The van der Waals surface area contributed by atoms with Gasteiger partial charge in [0.1, 0.15) is 5.75 Å². The molecule has 0 N–H and O–H groups in total. The Morgan fingerprint density at radius 3 is 2.75 bits per heavy atom. The Kier molecular flexibility index (Phi) is 5.42. The lowest BCUT2D eigenvalue weighted by atomic mass is 10.1. The van der Waals surface area contributed by atoms with E-state index in [9.17, 15) is 8.76 Å². The first-order chi connectivity index (χ1) is 7.74. The van der Waals surface area contributed by atoms with Gasteiger partial charge in [-0.15, -0.1) is 4.40 Å². The van der Waals surface area contributed by atoms with E-state index in [2.05, 4.69) is 16.5 Å². The third kappa shape index (κ3) is 4.35. The highest BCUT2D eigenvalue weighted by Gasteiger charge is 2.06. The van der Waals surface area contributed by atoms with Crippen molar-refractivity contribution >= 4 is 17.3 Å². The van der Waals surface area contributed by atoms with Crippen molar-refractivity contribution in [3.63, 3.8) is 0 Å². The van der Waals surface area contributed by atoms with Crippen molar-refractivity contribution in [1.82, 2.24) is 0 Å². The maximum atomic E-state index is 9.17. The van der Waals surface area contributed by atoms with Crippen LogP contribution < -0.4 is 4.74 Å². The summed E-state index contributed by atoms with van der Waals surface area (Å²) in [6.07, 6.45) is 3.17. The molecule has 0 amide bonds. The largest absolute Gasteiger partial charge is 0.753 e. The second kappa shape index (κ2) is 6.90. The molecule has 1 aromatic rings. The Labute approximate surface area is 95.6 Å². The van der Waals surface area contributed by atoms with E-state index in [1.807, 2.05) is 12.1 Å². The Morgan fingerprint density at radius 2 is 2.19 bits per heavy atom. The number of hydrogen-bond donors (Lipinski definition) is 0. The molecule has 0 saturated carbocycles.